The molecule has 0 bridgehead atoms. The molecule has 1 aliphatic rings. The summed E-state index contributed by atoms with van der Waals surface area (Å²) >= 11 is 0. The molecule has 19 heavy (non-hydrogen) atoms. The second-order valence-electron chi connectivity index (χ2n) is 5.12. The molecule has 0 aromatic carbocycles. The summed E-state index contributed by atoms with van der Waals surface area (Å²) in [7, 11) is 0. The highest BCUT2D eigenvalue weighted by atomic mass is 16.4. The van der Waals surface area contributed by atoms with Gasteiger partial charge in [-0.25, -0.2) is 0 Å². The Morgan fingerprint density at radius 1 is 1.26 bits per heavy atom. The van der Waals surface area contributed by atoms with E-state index in [0.717, 1.165) is 12.8 Å². The van der Waals surface area contributed by atoms with Crippen LogP contribution in [0.2, 0.25) is 0 Å². The number of amides is 2. The van der Waals surface area contributed by atoms with Gasteiger partial charge in [0.25, 0.3) is 0 Å². The van der Waals surface area contributed by atoms with Gasteiger partial charge in [-0.2, -0.15) is 0 Å². The molecule has 2 amide bonds. The van der Waals surface area contributed by atoms with Crippen molar-refractivity contribution in [2.45, 2.75) is 39.0 Å². The normalized spacial score (nSPS) is 22.2. The molecule has 1 rings (SSSR count). The van der Waals surface area contributed by atoms with Crippen LogP contribution in [-0.2, 0) is 14.4 Å². The van der Waals surface area contributed by atoms with Crippen LogP contribution in [0, 0.1) is 11.8 Å². The Bertz CT molecular complexity index is 357. The molecule has 1 fully saturated rings. The molecule has 0 spiro atoms. The van der Waals surface area contributed by atoms with Gasteiger partial charge in [-0.05, 0) is 25.7 Å². The minimum Gasteiger partial charge on any atom is -0.481 e. The Morgan fingerprint density at radius 2 is 1.89 bits per heavy atom. The molecule has 2 atom stereocenters. The molecule has 0 saturated heterocycles. The number of rotatable bonds is 7. The third-order valence-corrected chi connectivity index (χ3v) is 3.57. The molecular weight excluding hydrogens is 248 g/mol. The first-order valence-electron chi connectivity index (χ1n) is 6.75. The summed E-state index contributed by atoms with van der Waals surface area (Å²) < 4.78 is 0. The van der Waals surface area contributed by atoms with E-state index in [4.69, 9.17) is 10.8 Å². The standard InChI is InChI=1S/C13H22N2O4/c1-2-3-6-15(8-11(14)16)12(17)9-4-5-10(7-9)13(18)19/h9-10H,2-8H2,1H3,(H2,14,16)(H,18,19). The predicted molar refractivity (Wildman–Crippen MR) is 69.1 cm³/mol. The zero-order valence-corrected chi connectivity index (χ0v) is 11.3. The van der Waals surface area contributed by atoms with Crippen molar-refractivity contribution < 1.29 is 19.5 Å². The number of aliphatic carboxylic acids is 1. The SMILES string of the molecule is CCCCN(CC(N)=O)C(=O)C1CCC(C(=O)O)C1. The van der Waals surface area contributed by atoms with Crippen LogP contribution in [-0.4, -0.2) is 40.9 Å². The van der Waals surface area contributed by atoms with E-state index >= 15 is 0 Å². The van der Waals surface area contributed by atoms with Crippen LogP contribution in [0.15, 0.2) is 0 Å². The first-order chi connectivity index (χ1) is 8.95. The van der Waals surface area contributed by atoms with Gasteiger partial charge in [0.2, 0.25) is 11.8 Å². The number of hydrogen-bond acceptors (Lipinski definition) is 3. The molecule has 0 aromatic heterocycles. The Balaban J connectivity index is 2.60. The summed E-state index contributed by atoms with van der Waals surface area (Å²) in [6.07, 6.45) is 3.22. The monoisotopic (exact) mass is 270 g/mol. The van der Waals surface area contributed by atoms with E-state index < -0.39 is 17.8 Å². The highest BCUT2D eigenvalue weighted by Crippen LogP contribution is 2.32. The van der Waals surface area contributed by atoms with Crippen molar-refractivity contribution in [2.24, 2.45) is 17.6 Å². The van der Waals surface area contributed by atoms with Gasteiger partial charge >= 0.3 is 5.97 Å². The molecule has 2 unspecified atom stereocenters. The van der Waals surface area contributed by atoms with Crippen LogP contribution in [0.25, 0.3) is 0 Å². The molecule has 6 heteroatoms. The van der Waals surface area contributed by atoms with Crippen molar-refractivity contribution in [2.75, 3.05) is 13.1 Å². The number of hydrogen-bond donors (Lipinski definition) is 2. The Labute approximate surface area is 112 Å². The quantitative estimate of drug-likeness (QED) is 0.707. The number of carbonyl (C=O) groups excluding carboxylic acids is 2. The molecule has 108 valence electrons. The van der Waals surface area contributed by atoms with Gasteiger partial charge in [0.15, 0.2) is 0 Å². The fourth-order valence-electron chi connectivity index (χ4n) is 2.49. The fourth-order valence-corrected chi connectivity index (χ4v) is 2.49. The number of unbranched alkanes of at least 4 members (excludes halogenated alkanes) is 1. The van der Waals surface area contributed by atoms with Gasteiger partial charge in [-0.1, -0.05) is 13.3 Å². The second-order valence-corrected chi connectivity index (χ2v) is 5.12. The minimum absolute atomic E-state index is 0.0763. The maximum atomic E-state index is 12.3. The molecule has 0 aromatic rings. The van der Waals surface area contributed by atoms with Gasteiger partial charge in [0.05, 0.1) is 12.5 Å². The molecule has 1 saturated carbocycles. The maximum Gasteiger partial charge on any atom is 0.306 e. The largest absolute Gasteiger partial charge is 0.481 e. The van der Waals surface area contributed by atoms with E-state index in [-0.39, 0.29) is 18.4 Å². The van der Waals surface area contributed by atoms with Gasteiger partial charge in [0.1, 0.15) is 0 Å². The summed E-state index contributed by atoms with van der Waals surface area (Å²) in [4.78, 5) is 35.6. The van der Waals surface area contributed by atoms with E-state index in [1.807, 2.05) is 6.92 Å². The van der Waals surface area contributed by atoms with Gasteiger partial charge in [-0.3, -0.25) is 14.4 Å². The van der Waals surface area contributed by atoms with Gasteiger partial charge < -0.3 is 15.7 Å². The Hall–Kier alpha value is -1.59. The number of primary amides is 1. The summed E-state index contributed by atoms with van der Waals surface area (Å²) in [5.74, 6) is -2.22. The molecule has 1 aliphatic carbocycles. The van der Waals surface area contributed by atoms with Crippen molar-refractivity contribution in [1.29, 1.82) is 0 Å². The third-order valence-electron chi connectivity index (χ3n) is 3.57. The summed E-state index contributed by atoms with van der Waals surface area (Å²) in [6.45, 7) is 2.43. The van der Waals surface area contributed by atoms with E-state index in [1.165, 1.54) is 4.90 Å². The lowest BCUT2D eigenvalue weighted by Gasteiger charge is -2.24. The third kappa shape index (κ3) is 4.54. The fraction of sp³-hybridized carbons (Fsp3) is 0.769. The lowest BCUT2D eigenvalue weighted by atomic mass is 10.0. The summed E-state index contributed by atoms with van der Waals surface area (Å²) in [6, 6.07) is 0. The lowest BCUT2D eigenvalue weighted by Crippen LogP contribution is -2.41. The average molecular weight is 270 g/mol. The molecule has 3 N–H and O–H groups in total. The minimum atomic E-state index is -0.842. The van der Waals surface area contributed by atoms with E-state index in [9.17, 15) is 14.4 Å². The Morgan fingerprint density at radius 3 is 2.37 bits per heavy atom. The number of carboxylic acid groups (broad SMARTS) is 1. The number of carbonyl (C=O) groups is 3. The smallest absolute Gasteiger partial charge is 0.306 e. The van der Waals surface area contributed by atoms with Crippen molar-refractivity contribution in [3.05, 3.63) is 0 Å². The van der Waals surface area contributed by atoms with Crippen molar-refractivity contribution in [1.82, 2.24) is 4.90 Å². The highest BCUT2D eigenvalue weighted by molar-refractivity contribution is 5.86. The zero-order valence-electron chi connectivity index (χ0n) is 11.3. The molecular formula is C13H22N2O4. The van der Waals surface area contributed by atoms with Crippen LogP contribution in [0.3, 0.4) is 0 Å². The van der Waals surface area contributed by atoms with Crippen molar-refractivity contribution in [3.63, 3.8) is 0 Å². The van der Waals surface area contributed by atoms with E-state index in [2.05, 4.69) is 0 Å². The number of carboxylic acids is 1. The summed E-state index contributed by atoms with van der Waals surface area (Å²) in [5, 5.41) is 8.94. The maximum absolute atomic E-state index is 12.3. The molecule has 0 heterocycles. The van der Waals surface area contributed by atoms with Crippen molar-refractivity contribution >= 4 is 17.8 Å². The first kappa shape index (κ1) is 15.5. The molecule has 6 nitrogen and oxygen atoms in total. The number of nitrogens with zero attached hydrogens (tertiary/aromatic N) is 1. The van der Waals surface area contributed by atoms with Crippen LogP contribution in [0.1, 0.15) is 39.0 Å². The summed E-state index contributed by atoms with van der Waals surface area (Å²) in [5.41, 5.74) is 5.15. The highest BCUT2D eigenvalue weighted by Gasteiger charge is 2.35. The van der Waals surface area contributed by atoms with E-state index in [0.29, 0.717) is 25.8 Å². The van der Waals surface area contributed by atoms with Gasteiger partial charge in [-0.15, -0.1) is 0 Å². The van der Waals surface area contributed by atoms with Crippen LogP contribution in [0.5, 0.6) is 0 Å². The zero-order chi connectivity index (χ0) is 14.4. The first-order valence-corrected chi connectivity index (χ1v) is 6.75. The van der Waals surface area contributed by atoms with Crippen LogP contribution < -0.4 is 5.73 Å². The molecule has 0 radical (unpaired) electrons. The average Bonchev–Trinajstić information content (AvgIpc) is 2.82. The van der Waals surface area contributed by atoms with Crippen LogP contribution >= 0.6 is 0 Å². The molecule has 0 aliphatic heterocycles. The van der Waals surface area contributed by atoms with Gasteiger partial charge in [0, 0.05) is 12.5 Å². The predicted octanol–water partition coefficient (Wildman–Crippen LogP) is 0.601. The number of nitrogens with two attached hydrogens (primary N) is 1. The topological polar surface area (TPSA) is 101 Å². The second kappa shape index (κ2) is 7.11. The van der Waals surface area contributed by atoms with Crippen molar-refractivity contribution in [3.8, 4) is 0 Å². The van der Waals surface area contributed by atoms with Crippen LogP contribution in [0.4, 0.5) is 0 Å². The lowest BCUT2D eigenvalue weighted by molar-refractivity contribution is -0.142. The van der Waals surface area contributed by atoms with E-state index in [1.54, 1.807) is 0 Å². The Kier molecular flexibility index (Phi) is 5.79.